The van der Waals surface area contributed by atoms with Crippen LogP contribution in [0.5, 0.6) is 0 Å². The van der Waals surface area contributed by atoms with Crippen LogP contribution in [0.25, 0.3) is 0 Å². The van der Waals surface area contributed by atoms with Gasteiger partial charge in [-0.3, -0.25) is 19.4 Å². The first-order valence-electron chi connectivity index (χ1n) is 8.64. The van der Waals surface area contributed by atoms with Crippen LogP contribution in [0.1, 0.15) is 18.9 Å². The quantitative estimate of drug-likeness (QED) is 0.764. The molecule has 3 amide bonds. The van der Waals surface area contributed by atoms with Crippen LogP contribution in [0.3, 0.4) is 0 Å². The van der Waals surface area contributed by atoms with Crippen LogP contribution in [0.2, 0.25) is 0 Å². The highest BCUT2D eigenvalue weighted by molar-refractivity contribution is 6.05. The zero-order valence-electron chi connectivity index (χ0n) is 14.4. The summed E-state index contributed by atoms with van der Waals surface area (Å²) < 4.78 is 5.00. The molecule has 0 aliphatic carbocycles. The molecule has 1 aromatic rings. The lowest BCUT2D eigenvalue weighted by atomic mass is 10.2. The van der Waals surface area contributed by atoms with Gasteiger partial charge in [0.15, 0.2) is 0 Å². The van der Waals surface area contributed by atoms with Gasteiger partial charge in [0, 0.05) is 26.2 Å². The molecule has 25 heavy (non-hydrogen) atoms. The van der Waals surface area contributed by atoms with E-state index >= 15 is 0 Å². The van der Waals surface area contributed by atoms with Crippen molar-refractivity contribution in [3.05, 3.63) is 35.9 Å². The molecule has 0 spiro atoms. The SMILES string of the molecule is CCOC(=O)N1CCN(C2CC(=O)N(Cc3ccccc3)C2=O)CC1. The maximum absolute atomic E-state index is 12.7. The van der Waals surface area contributed by atoms with Crippen LogP contribution in [-0.4, -0.2) is 71.4 Å². The van der Waals surface area contributed by atoms with Crippen molar-refractivity contribution in [2.24, 2.45) is 0 Å². The van der Waals surface area contributed by atoms with Gasteiger partial charge in [-0.2, -0.15) is 0 Å². The zero-order valence-corrected chi connectivity index (χ0v) is 14.4. The normalized spacial score (nSPS) is 21.7. The van der Waals surface area contributed by atoms with Crippen molar-refractivity contribution in [2.75, 3.05) is 32.8 Å². The zero-order chi connectivity index (χ0) is 17.8. The standard InChI is InChI=1S/C18H23N3O4/c1-2-25-18(24)20-10-8-19(9-11-20)15-12-16(22)21(17(15)23)13-14-6-4-3-5-7-14/h3-7,15H,2,8-13H2,1H3. The van der Waals surface area contributed by atoms with Gasteiger partial charge in [-0.15, -0.1) is 0 Å². The Morgan fingerprint density at radius 3 is 2.44 bits per heavy atom. The molecule has 2 fully saturated rings. The number of carbonyl (C=O) groups excluding carboxylic acids is 3. The van der Waals surface area contributed by atoms with E-state index in [1.165, 1.54) is 4.90 Å². The van der Waals surface area contributed by atoms with Crippen molar-refractivity contribution in [3.8, 4) is 0 Å². The van der Waals surface area contributed by atoms with Crippen molar-refractivity contribution in [3.63, 3.8) is 0 Å². The molecule has 1 unspecified atom stereocenters. The first-order chi connectivity index (χ1) is 12.1. The molecule has 1 atom stereocenters. The van der Waals surface area contributed by atoms with Crippen molar-refractivity contribution >= 4 is 17.9 Å². The summed E-state index contributed by atoms with van der Waals surface area (Å²) in [7, 11) is 0. The predicted octanol–water partition coefficient (Wildman–Crippen LogP) is 1.09. The summed E-state index contributed by atoms with van der Waals surface area (Å²) in [5.41, 5.74) is 0.942. The number of ether oxygens (including phenoxy) is 1. The molecule has 2 saturated heterocycles. The first kappa shape index (κ1) is 17.4. The molecule has 3 rings (SSSR count). The van der Waals surface area contributed by atoms with Gasteiger partial charge >= 0.3 is 6.09 Å². The fourth-order valence-corrected chi connectivity index (χ4v) is 3.31. The van der Waals surface area contributed by atoms with Gasteiger partial charge < -0.3 is 9.64 Å². The number of imide groups is 1. The van der Waals surface area contributed by atoms with Crippen molar-refractivity contribution in [1.82, 2.24) is 14.7 Å². The van der Waals surface area contributed by atoms with E-state index < -0.39 is 6.04 Å². The average molecular weight is 345 g/mol. The van der Waals surface area contributed by atoms with E-state index in [4.69, 9.17) is 4.74 Å². The molecule has 2 aliphatic rings. The number of hydrogen-bond acceptors (Lipinski definition) is 5. The fraction of sp³-hybridized carbons (Fsp3) is 0.500. The molecule has 2 aliphatic heterocycles. The summed E-state index contributed by atoms with van der Waals surface area (Å²) in [5, 5.41) is 0. The minimum atomic E-state index is -0.416. The fourth-order valence-electron chi connectivity index (χ4n) is 3.31. The third kappa shape index (κ3) is 3.82. The van der Waals surface area contributed by atoms with E-state index in [1.807, 2.05) is 35.2 Å². The monoisotopic (exact) mass is 345 g/mol. The molecule has 7 heteroatoms. The summed E-state index contributed by atoms with van der Waals surface area (Å²) in [5.74, 6) is -0.273. The van der Waals surface area contributed by atoms with Crippen LogP contribution in [0, 0.1) is 0 Å². The maximum atomic E-state index is 12.7. The van der Waals surface area contributed by atoms with Crippen molar-refractivity contribution in [2.45, 2.75) is 25.9 Å². The molecule has 0 N–H and O–H groups in total. The number of nitrogens with zero attached hydrogens (tertiary/aromatic N) is 3. The second-order valence-corrected chi connectivity index (χ2v) is 6.25. The van der Waals surface area contributed by atoms with Gasteiger partial charge in [0.05, 0.1) is 25.6 Å². The summed E-state index contributed by atoms with van der Waals surface area (Å²) in [6, 6.07) is 9.10. The van der Waals surface area contributed by atoms with E-state index in [-0.39, 0.29) is 24.3 Å². The Labute approximate surface area is 147 Å². The second-order valence-electron chi connectivity index (χ2n) is 6.25. The highest BCUT2D eigenvalue weighted by atomic mass is 16.6. The van der Waals surface area contributed by atoms with E-state index in [2.05, 4.69) is 0 Å². The summed E-state index contributed by atoms with van der Waals surface area (Å²) in [6.45, 7) is 4.60. The molecule has 0 bridgehead atoms. The Morgan fingerprint density at radius 2 is 1.80 bits per heavy atom. The largest absolute Gasteiger partial charge is 0.450 e. The third-order valence-electron chi connectivity index (χ3n) is 4.68. The maximum Gasteiger partial charge on any atom is 0.409 e. The molecule has 7 nitrogen and oxygen atoms in total. The minimum Gasteiger partial charge on any atom is -0.450 e. The van der Waals surface area contributed by atoms with Gasteiger partial charge in [-0.05, 0) is 12.5 Å². The summed E-state index contributed by atoms with van der Waals surface area (Å²) in [6.07, 6.45) is -0.105. The van der Waals surface area contributed by atoms with Crippen molar-refractivity contribution in [1.29, 1.82) is 0 Å². The lowest BCUT2D eigenvalue weighted by molar-refractivity contribution is -0.140. The number of hydrogen-bond donors (Lipinski definition) is 0. The first-order valence-corrected chi connectivity index (χ1v) is 8.64. The van der Waals surface area contributed by atoms with Gasteiger partial charge in [0.1, 0.15) is 0 Å². The average Bonchev–Trinajstić information content (AvgIpc) is 2.91. The molecule has 1 aromatic carbocycles. The molecular weight excluding hydrogens is 322 g/mol. The number of piperazine rings is 1. The van der Waals surface area contributed by atoms with Gasteiger partial charge in [-0.1, -0.05) is 30.3 Å². The Kier molecular flexibility index (Phi) is 5.33. The van der Waals surface area contributed by atoms with Crippen LogP contribution < -0.4 is 0 Å². The highest BCUT2D eigenvalue weighted by Crippen LogP contribution is 2.22. The number of benzene rings is 1. The second kappa shape index (κ2) is 7.65. The Bertz CT molecular complexity index is 641. The highest BCUT2D eigenvalue weighted by Gasteiger charge is 2.42. The van der Waals surface area contributed by atoms with Gasteiger partial charge in [0.25, 0.3) is 0 Å². The predicted molar refractivity (Wildman–Crippen MR) is 90.6 cm³/mol. The third-order valence-corrected chi connectivity index (χ3v) is 4.68. The molecule has 2 heterocycles. The summed E-state index contributed by atoms with van der Waals surface area (Å²) >= 11 is 0. The topological polar surface area (TPSA) is 70.2 Å². The molecule has 0 radical (unpaired) electrons. The Morgan fingerprint density at radius 1 is 1.12 bits per heavy atom. The number of amides is 3. The van der Waals surface area contributed by atoms with E-state index in [9.17, 15) is 14.4 Å². The molecule has 0 aromatic heterocycles. The molecular formula is C18H23N3O4. The lowest BCUT2D eigenvalue weighted by Crippen LogP contribution is -2.53. The Hall–Kier alpha value is -2.41. The summed E-state index contributed by atoms with van der Waals surface area (Å²) in [4.78, 5) is 41.7. The molecule has 0 saturated carbocycles. The number of rotatable bonds is 4. The Balaban J connectivity index is 1.58. The van der Waals surface area contributed by atoms with Crippen LogP contribution in [0.4, 0.5) is 4.79 Å². The van der Waals surface area contributed by atoms with E-state index in [0.717, 1.165) is 5.56 Å². The van der Waals surface area contributed by atoms with Crippen molar-refractivity contribution < 1.29 is 19.1 Å². The van der Waals surface area contributed by atoms with Crippen LogP contribution in [0.15, 0.2) is 30.3 Å². The number of carbonyl (C=O) groups is 3. The van der Waals surface area contributed by atoms with Gasteiger partial charge in [0.2, 0.25) is 11.8 Å². The lowest BCUT2D eigenvalue weighted by Gasteiger charge is -2.36. The smallest absolute Gasteiger partial charge is 0.409 e. The van der Waals surface area contributed by atoms with Gasteiger partial charge in [-0.25, -0.2) is 4.79 Å². The minimum absolute atomic E-state index is 0.133. The van der Waals surface area contributed by atoms with E-state index in [0.29, 0.717) is 39.3 Å². The molecule has 134 valence electrons. The van der Waals surface area contributed by atoms with Crippen LogP contribution >= 0.6 is 0 Å². The van der Waals surface area contributed by atoms with Crippen LogP contribution in [-0.2, 0) is 20.9 Å². The van der Waals surface area contributed by atoms with E-state index in [1.54, 1.807) is 11.8 Å². The number of likely N-dealkylation sites (tertiary alicyclic amines) is 1.